The van der Waals surface area contributed by atoms with Gasteiger partial charge in [-0.15, -0.1) is 0 Å². The first kappa shape index (κ1) is 34.8. The van der Waals surface area contributed by atoms with Crippen LogP contribution in [0.5, 0.6) is 5.75 Å². The zero-order valence-corrected chi connectivity index (χ0v) is 28.6. The van der Waals surface area contributed by atoms with Crippen LogP contribution in [0, 0.1) is 0 Å². The van der Waals surface area contributed by atoms with Gasteiger partial charge in [0.25, 0.3) is 0 Å². The molecule has 1 aliphatic heterocycles. The van der Waals surface area contributed by atoms with Gasteiger partial charge in [-0.25, -0.2) is 9.97 Å². The quantitative estimate of drug-likeness (QED) is 0.152. The first-order valence-electron chi connectivity index (χ1n) is 16.7. The third-order valence-corrected chi connectivity index (χ3v) is 9.17. The second kappa shape index (κ2) is 15.3. The van der Waals surface area contributed by atoms with E-state index >= 15 is 0 Å². The second-order valence-electron chi connectivity index (χ2n) is 13.1. The molecule has 2 aromatic heterocycles. The first-order chi connectivity index (χ1) is 24.0. The Bertz CT molecular complexity index is 1840. The van der Waals surface area contributed by atoms with Crippen molar-refractivity contribution < 1.29 is 18.3 Å². The molecule has 3 aromatic carbocycles. The number of pyridine rings is 1. The smallest absolute Gasteiger partial charge is 0.416 e. The van der Waals surface area contributed by atoms with E-state index in [2.05, 4.69) is 55.0 Å². The zero-order chi connectivity index (χ0) is 35.3. The Morgan fingerprint density at radius 3 is 2.10 bits per heavy atom. The van der Waals surface area contributed by atoms with Crippen molar-refractivity contribution >= 4 is 17.3 Å². The number of benzene rings is 3. The molecule has 5 aromatic rings. The summed E-state index contributed by atoms with van der Waals surface area (Å²) in [6.07, 6.45) is 2.60. The molecule has 1 saturated heterocycles. The fourth-order valence-corrected chi connectivity index (χ4v) is 6.43. The van der Waals surface area contributed by atoms with Crippen LogP contribution in [0.25, 0.3) is 11.3 Å². The molecule has 8 nitrogen and oxygen atoms in total. The van der Waals surface area contributed by atoms with Crippen LogP contribution in [0.4, 0.5) is 30.5 Å². The molecule has 0 radical (unpaired) electrons. The lowest BCUT2D eigenvalue weighted by Gasteiger charge is -2.39. The molecule has 0 bridgehead atoms. The summed E-state index contributed by atoms with van der Waals surface area (Å²) < 4.78 is 39.7. The van der Waals surface area contributed by atoms with E-state index in [1.807, 2.05) is 44.2 Å². The Balaban J connectivity index is 1.22. The van der Waals surface area contributed by atoms with Gasteiger partial charge in [-0.1, -0.05) is 30.3 Å². The number of phenols is 1. The highest BCUT2D eigenvalue weighted by atomic mass is 19.4. The summed E-state index contributed by atoms with van der Waals surface area (Å²) in [5.74, 6) is 0.859. The summed E-state index contributed by atoms with van der Waals surface area (Å²) >= 11 is 0. The predicted octanol–water partition coefficient (Wildman–Crippen LogP) is 7.76. The molecule has 11 heteroatoms. The van der Waals surface area contributed by atoms with Gasteiger partial charge in [0, 0.05) is 86.9 Å². The molecule has 260 valence electrons. The summed E-state index contributed by atoms with van der Waals surface area (Å²) in [7, 11) is 5.99. The molecular formula is C39H42F3N7O. The van der Waals surface area contributed by atoms with Gasteiger partial charge in [0.05, 0.1) is 11.3 Å². The molecule has 3 heterocycles. The number of aromatic hydroxyl groups is 1. The van der Waals surface area contributed by atoms with Crippen LogP contribution in [-0.2, 0) is 25.8 Å². The molecule has 0 spiro atoms. The Hall–Kier alpha value is -5.00. The first-order valence-corrected chi connectivity index (χ1v) is 16.7. The average molecular weight is 682 g/mol. The summed E-state index contributed by atoms with van der Waals surface area (Å²) in [5, 5.41) is 10.3. The molecule has 1 aliphatic rings. The Morgan fingerprint density at radius 2 is 1.44 bits per heavy atom. The number of hydrogen-bond acceptors (Lipinski definition) is 8. The third kappa shape index (κ3) is 8.58. The van der Waals surface area contributed by atoms with Crippen LogP contribution in [-0.4, -0.2) is 70.1 Å². The van der Waals surface area contributed by atoms with E-state index in [0.29, 0.717) is 36.0 Å². The van der Waals surface area contributed by atoms with Crippen LogP contribution < -0.4 is 9.80 Å². The second-order valence-corrected chi connectivity index (χ2v) is 13.1. The van der Waals surface area contributed by atoms with Gasteiger partial charge in [0.1, 0.15) is 5.75 Å². The maximum absolute atomic E-state index is 13.2. The standard InChI is InChI=1S/C39H42F3N7O/c1-46(2)27-31-24-29(6-13-37(31)50)25-48-22-17-35(18-23-48)49(26-28-4-11-33(12-5-28)47(3)34-14-19-43-20-15-34)38-44-21-16-36(45-38)30-7-9-32(10-8-30)39(40,41)42/h4-16,19-21,24,35,50H,17-18,22-23,25-27H2,1-3H3. The van der Waals surface area contributed by atoms with E-state index in [0.717, 1.165) is 67.1 Å². The predicted molar refractivity (Wildman–Crippen MR) is 191 cm³/mol. The van der Waals surface area contributed by atoms with Crippen LogP contribution in [0.2, 0.25) is 0 Å². The van der Waals surface area contributed by atoms with Gasteiger partial charge in [-0.3, -0.25) is 9.88 Å². The van der Waals surface area contributed by atoms with Crippen LogP contribution in [0.1, 0.15) is 35.1 Å². The minimum atomic E-state index is -4.40. The van der Waals surface area contributed by atoms with Crippen molar-refractivity contribution in [2.24, 2.45) is 0 Å². The number of piperidine rings is 1. The number of hydrogen-bond donors (Lipinski definition) is 1. The van der Waals surface area contributed by atoms with Crippen LogP contribution in [0.3, 0.4) is 0 Å². The lowest BCUT2D eigenvalue weighted by molar-refractivity contribution is -0.137. The molecule has 50 heavy (non-hydrogen) atoms. The summed E-state index contributed by atoms with van der Waals surface area (Å²) in [6.45, 7) is 3.79. The number of aromatic nitrogens is 3. The highest BCUT2D eigenvalue weighted by Gasteiger charge is 2.30. The molecule has 6 rings (SSSR count). The highest BCUT2D eigenvalue weighted by molar-refractivity contribution is 5.63. The number of anilines is 3. The van der Waals surface area contributed by atoms with E-state index in [9.17, 15) is 18.3 Å². The van der Waals surface area contributed by atoms with Crippen molar-refractivity contribution in [3.63, 3.8) is 0 Å². The fraction of sp³-hybridized carbons (Fsp3) is 0.308. The van der Waals surface area contributed by atoms with Gasteiger partial charge in [0.15, 0.2) is 0 Å². The number of alkyl halides is 3. The van der Waals surface area contributed by atoms with E-state index in [1.165, 1.54) is 17.7 Å². The van der Waals surface area contributed by atoms with E-state index in [4.69, 9.17) is 4.98 Å². The van der Waals surface area contributed by atoms with Crippen molar-refractivity contribution in [1.82, 2.24) is 24.8 Å². The van der Waals surface area contributed by atoms with Gasteiger partial charge >= 0.3 is 6.18 Å². The Kier molecular flexibility index (Phi) is 10.6. The summed E-state index contributed by atoms with van der Waals surface area (Å²) in [4.78, 5) is 22.5. The molecule has 1 N–H and O–H groups in total. The Morgan fingerprint density at radius 1 is 0.780 bits per heavy atom. The lowest BCUT2D eigenvalue weighted by Crippen LogP contribution is -2.45. The van der Waals surface area contributed by atoms with Gasteiger partial charge in [-0.05, 0) is 92.7 Å². The fourth-order valence-electron chi connectivity index (χ4n) is 6.43. The number of nitrogens with zero attached hydrogens (tertiary/aromatic N) is 7. The number of likely N-dealkylation sites (tertiary alicyclic amines) is 1. The van der Waals surface area contributed by atoms with Gasteiger partial charge in [0.2, 0.25) is 5.95 Å². The normalized spacial score (nSPS) is 14.2. The number of halogens is 3. The monoisotopic (exact) mass is 681 g/mol. The van der Waals surface area contributed by atoms with Crippen molar-refractivity contribution in [3.8, 4) is 17.0 Å². The number of phenolic OH excluding ortho intramolecular Hbond substituents is 1. The zero-order valence-electron chi connectivity index (χ0n) is 28.6. The topological polar surface area (TPSA) is 71.9 Å². The Labute approximate surface area is 291 Å². The lowest BCUT2D eigenvalue weighted by atomic mass is 10.0. The van der Waals surface area contributed by atoms with Gasteiger partial charge < -0.3 is 19.8 Å². The maximum atomic E-state index is 13.2. The maximum Gasteiger partial charge on any atom is 0.416 e. The molecule has 0 amide bonds. The minimum absolute atomic E-state index is 0.150. The SMILES string of the molecule is CN(C)Cc1cc(CN2CCC(N(Cc3ccc(N(C)c4ccncc4)cc3)c3nccc(-c4ccc(C(F)(F)F)cc4)n3)CC2)ccc1O. The van der Waals surface area contributed by atoms with Crippen LogP contribution in [0.15, 0.2) is 104 Å². The van der Waals surface area contributed by atoms with Gasteiger partial charge in [-0.2, -0.15) is 13.2 Å². The van der Waals surface area contributed by atoms with Crippen molar-refractivity contribution in [2.45, 2.75) is 44.7 Å². The van der Waals surface area contributed by atoms with Crippen molar-refractivity contribution in [3.05, 3.63) is 126 Å². The van der Waals surface area contributed by atoms with E-state index in [-0.39, 0.29) is 6.04 Å². The van der Waals surface area contributed by atoms with E-state index < -0.39 is 11.7 Å². The molecule has 0 aliphatic carbocycles. The molecule has 1 fully saturated rings. The van der Waals surface area contributed by atoms with Crippen molar-refractivity contribution in [1.29, 1.82) is 0 Å². The molecular weight excluding hydrogens is 639 g/mol. The average Bonchev–Trinajstić information content (AvgIpc) is 3.12. The largest absolute Gasteiger partial charge is 0.508 e. The third-order valence-electron chi connectivity index (χ3n) is 9.17. The van der Waals surface area contributed by atoms with Crippen molar-refractivity contribution in [2.75, 3.05) is 44.0 Å². The van der Waals surface area contributed by atoms with Crippen LogP contribution >= 0.6 is 0 Å². The summed E-state index contributed by atoms with van der Waals surface area (Å²) in [5.41, 5.74) is 5.74. The minimum Gasteiger partial charge on any atom is -0.508 e. The molecule has 0 atom stereocenters. The molecule has 0 unspecified atom stereocenters. The van der Waals surface area contributed by atoms with E-state index in [1.54, 1.807) is 30.7 Å². The molecule has 0 saturated carbocycles. The number of rotatable bonds is 11. The summed E-state index contributed by atoms with van der Waals surface area (Å²) in [6, 6.07) is 25.2. The highest BCUT2D eigenvalue weighted by Crippen LogP contribution is 2.32.